The van der Waals surface area contributed by atoms with Crippen molar-refractivity contribution in [1.29, 1.82) is 0 Å². The van der Waals surface area contributed by atoms with Crippen LogP contribution < -0.4 is 5.32 Å². The van der Waals surface area contributed by atoms with E-state index in [2.05, 4.69) is 5.32 Å². The van der Waals surface area contributed by atoms with Crippen LogP contribution in [0.4, 0.5) is 5.69 Å². The Morgan fingerprint density at radius 1 is 0.833 bits per heavy atom. The number of carbonyl (C=O) groups excluding carboxylic acids is 2. The zero-order valence-corrected chi connectivity index (χ0v) is 17.7. The Kier molecular flexibility index (Phi) is 5.62. The maximum Gasteiger partial charge on any atom is 0.278 e. The van der Waals surface area contributed by atoms with Crippen LogP contribution in [0.3, 0.4) is 0 Å². The van der Waals surface area contributed by atoms with Gasteiger partial charge in [0.2, 0.25) is 0 Å². The van der Waals surface area contributed by atoms with Crippen LogP contribution in [0, 0.1) is 6.92 Å². The van der Waals surface area contributed by atoms with Gasteiger partial charge in [-0.15, -0.1) is 0 Å². The highest BCUT2D eigenvalue weighted by Gasteiger charge is 2.39. The van der Waals surface area contributed by atoms with E-state index in [1.165, 1.54) is 4.90 Å². The SMILES string of the molecule is Cc1cc(Cl)ccc1NC1=C(c2ccc(Cl)cc2)C(=O)N(Cc2ccccc2)C1=O. The molecule has 1 aliphatic heterocycles. The topological polar surface area (TPSA) is 49.4 Å². The number of amides is 2. The lowest BCUT2D eigenvalue weighted by Gasteiger charge is -2.16. The normalized spacial score (nSPS) is 13.9. The Labute approximate surface area is 184 Å². The van der Waals surface area contributed by atoms with E-state index in [0.717, 1.165) is 11.1 Å². The second-order valence-corrected chi connectivity index (χ2v) is 7.90. The zero-order chi connectivity index (χ0) is 21.3. The monoisotopic (exact) mass is 436 g/mol. The molecule has 0 spiro atoms. The van der Waals surface area contributed by atoms with Crippen molar-refractivity contribution in [3.8, 4) is 0 Å². The highest BCUT2D eigenvalue weighted by atomic mass is 35.5. The predicted octanol–water partition coefficient (Wildman–Crippen LogP) is 5.69. The van der Waals surface area contributed by atoms with Gasteiger partial charge in [0.15, 0.2) is 0 Å². The van der Waals surface area contributed by atoms with Crippen LogP contribution in [-0.2, 0) is 16.1 Å². The van der Waals surface area contributed by atoms with Gasteiger partial charge in [-0.3, -0.25) is 14.5 Å². The van der Waals surface area contributed by atoms with Crippen LogP contribution in [0.2, 0.25) is 10.0 Å². The number of anilines is 1. The largest absolute Gasteiger partial charge is 0.350 e. The van der Waals surface area contributed by atoms with Crippen molar-refractivity contribution in [3.05, 3.63) is 105 Å². The van der Waals surface area contributed by atoms with E-state index < -0.39 is 0 Å². The number of carbonyl (C=O) groups is 2. The van der Waals surface area contributed by atoms with Crippen molar-refractivity contribution in [2.75, 3.05) is 5.32 Å². The van der Waals surface area contributed by atoms with E-state index in [9.17, 15) is 9.59 Å². The van der Waals surface area contributed by atoms with Crippen molar-refractivity contribution in [2.24, 2.45) is 0 Å². The molecule has 3 aromatic rings. The molecule has 2 amide bonds. The van der Waals surface area contributed by atoms with Crippen LogP contribution in [0.25, 0.3) is 5.57 Å². The van der Waals surface area contributed by atoms with Gasteiger partial charge in [0.05, 0.1) is 12.1 Å². The molecule has 0 saturated heterocycles. The molecular formula is C24H18Cl2N2O2. The summed E-state index contributed by atoms with van der Waals surface area (Å²) in [5.74, 6) is -0.719. The van der Waals surface area contributed by atoms with Gasteiger partial charge in [-0.1, -0.05) is 65.7 Å². The number of halogens is 2. The number of aryl methyl sites for hydroxylation is 1. The molecule has 0 fully saturated rings. The van der Waals surface area contributed by atoms with Crippen molar-refractivity contribution in [3.63, 3.8) is 0 Å². The molecule has 4 rings (SSSR count). The molecule has 0 bridgehead atoms. The average molecular weight is 437 g/mol. The van der Waals surface area contributed by atoms with Crippen molar-refractivity contribution in [2.45, 2.75) is 13.5 Å². The third-order valence-corrected chi connectivity index (χ3v) is 5.42. The number of benzene rings is 3. The summed E-state index contributed by atoms with van der Waals surface area (Å²) in [6.07, 6.45) is 0. The van der Waals surface area contributed by atoms with Crippen molar-refractivity contribution < 1.29 is 9.59 Å². The average Bonchev–Trinajstić information content (AvgIpc) is 2.96. The molecule has 3 aromatic carbocycles. The molecule has 0 aromatic heterocycles. The lowest BCUT2D eigenvalue weighted by Crippen LogP contribution is -2.32. The Hall–Kier alpha value is -3.08. The van der Waals surface area contributed by atoms with E-state index in [1.807, 2.05) is 37.3 Å². The molecular weight excluding hydrogens is 419 g/mol. The Morgan fingerprint density at radius 2 is 1.50 bits per heavy atom. The number of nitrogens with one attached hydrogen (secondary N) is 1. The van der Waals surface area contributed by atoms with E-state index in [-0.39, 0.29) is 24.1 Å². The molecule has 1 aliphatic rings. The first-order valence-corrected chi connectivity index (χ1v) is 10.1. The highest BCUT2D eigenvalue weighted by Crippen LogP contribution is 2.33. The standard InChI is InChI=1S/C24H18Cl2N2O2/c1-15-13-19(26)11-12-20(15)27-22-21(17-7-9-18(25)10-8-17)23(29)28(24(22)30)14-16-5-3-2-4-6-16/h2-13,27H,14H2,1H3. The maximum atomic E-state index is 13.3. The van der Waals surface area contributed by atoms with Gasteiger partial charge < -0.3 is 5.32 Å². The van der Waals surface area contributed by atoms with E-state index in [4.69, 9.17) is 23.2 Å². The third kappa shape index (κ3) is 3.97. The predicted molar refractivity (Wildman–Crippen MR) is 120 cm³/mol. The second kappa shape index (κ2) is 8.34. The molecule has 150 valence electrons. The summed E-state index contributed by atoms with van der Waals surface area (Å²) in [4.78, 5) is 27.8. The van der Waals surface area contributed by atoms with Gasteiger partial charge in [0.25, 0.3) is 11.8 Å². The summed E-state index contributed by atoms with van der Waals surface area (Å²) in [6, 6.07) is 21.6. The summed E-state index contributed by atoms with van der Waals surface area (Å²) in [7, 11) is 0. The molecule has 30 heavy (non-hydrogen) atoms. The first kappa shape index (κ1) is 20.2. The molecule has 0 unspecified atom stereocenters. The molecule has 0 aliphatic carbocycles. The smallest absolute Gasteiger partial charge is 0.278 e. The fraction of sp³-hybridized carbons (Fsp3) is 0.0833. The quantitative estimate of drug-likeness (QED) is 0.522. The minimum atomic E-state index is -0.372. The minimum Gasteiger partial charge on any atom is -0.350 e. The Balaban J connectivity index is 1.76. The van der Waals surface area contributed by atoms with Crippen LogP contribution >= 0.6 is 23.2 Å². The highest BCUT2D eigenvalue weighted by molar-refractivity contribution is 6.37. The van der Waals surface area contributed by atoms with Gasteiger partial charge in [0.1, 0.15) is 5.70 Å². The van der Waals surface area contributed by atoms with Crippen LogP contribution in [0.5, 0.6) is 0 Å². The van der Waals surface area contributed by atoms with Gasteiger partial charge >= 0.3 is 0 Å². The number of nitrogens with zero attached hydrogens (tertiary/aromatic N) is 1. The van der Waals surface area contributed by atoms with Crippen LogP contribution in [0.15, 0.2) is 78.5 Å². The van der Waals surface area contributed by atoms with Gasteiger partial charge in [-0.25, -0.2) is 0 Å². The Bertz CT molecular complexity index is 1160. The summed E-state index contributed by atoms with van der Waals surface area (Å²) in [5, 5.41) is 4.33. The van der Waals surface area contributed by atoms with E-state index in [0.29, 0.717) is 26.9 Å². The van der Waals surface area contributed by atoms with Crippen molar-refractivity contribution >= 4 is 46.3 Å². The third-order valence-electron chi connectivity index (χ3n) is 4.93. The second-order valence-electron chi connectivity index (χ2n) is 7.02. The molecule has 1 heterocycles. The lowest BCUT2D eigenvalue weighted by molar-refractivity contribution is -0.137. The zero-order valence-electron chi connectivity index (χ0n) is 16.2. The number of hydrogen-bond donors (Lipinski definition) is 1. The summed E-state index contributed by atoms with van der Waals surface area (Å²) in [6.45, 7) is 2.08. The first-order valence-electron chi connectivity index (χ1n) is 9.37. The summed E-state index contributed by atoms with van der Waals surface area (Å²) < 4.78 is 0. The van der Waals surface area contributed by atoms with E-state index >= 15 is 0 Å². The minimum absolute atomic E-state index is 0.195. The van der Waals surface area contributed by atoms with E-state index in [1.54, 1.807) is 42.5 Å². The van der Waals surface area contributed by atoms with Gasteiger partial charge in [0, 0.05) is 15.7 Å². The fourth-order valence-electron chi connectivity index (χ4n) is 3.39. The molecule has 4 nitrogen and oxygen atoms in total. The van der Waals surface area contributed by atoms with Crippen LogP contribution in [0.1, 0.15) is 16.7 Å². The Morgan fingerprint density at radius 3 is 2.17 bits per heavy atom. The molecule has 0 atom stereocenters. The molecule has 0 saturated carbocycles. The van der Waals surface area contributed by atoms with Gasteiger partial charge in [-0.2, -0.15) is 0 Å². The molecule has 6 heteroatoms. The summed E-state index contributed by atoms with van der Waals surface area (Å²) >= 11 is 12.1. The van der Waals surface area contributed by atoms with Crippen LogP contribution in [-0.4, -0.2) is 16.7 Å². The number of imide groups is 1. The number of hydrogen-bond acceptors (Lipinski definition) is 3. The molecule has 0 radical (unpaired) electrons. The molecule has 1 N–H and O–H groups in total. The number of rotatable bonds is 5. The maximum absolute atomic E-state index is 13.3. The first-order chi connectivity index (χ1) is 14.4. The van der Waals surface area contributed by atoms with Crippen molar-refractivity contribution in [1.82, 2.24) is 4.90 Å². The van der Waals surface area contributed by atoms with Gasteiger partial charge in [-0.05, 0) is 53.9 Å². The lowest BCUT2D eigenvalue weighted by atomic mass is 10.0. The summed E-state index contributed by atoms with van der Waals surface area (Å²) in [5.41, 5.74) is 3.64. The fourth-order valence-corrected chi connectivity index (χ4v) is 3.74.